The van der Waals surface area contributed by atoms with E-state index in [1.165, 1.54) is 6.08 Å². The van der Waals surface area contributed by atoms with Crippen LogP contribution in [-0.2, 0) is 9.63 Å². The van der Waals surface area contributed by atoms with Gasteiger partial charge in [-0.2, -0.15) is 0 Å². The second-order valence-corrected chi connectivity index (χ2v) is 3.92. The van der Waals surface area contributed by atoms with E-state index in [-0.39, 0.29) is 17.6 Å². The van der Waals surface area contributed by atoms with Crippen molar-refractivity contribution in [2.24, 2.45) is 11.8 Å². The number of Topliss-reactive ketones (excluding diaryl/α,β-unsaturated/α-hetero) is 1. The van der Waals surface area contributed by atoms with Crippen LogP contribution in [0.1, 0.15) is 26.2 Å². The summed E-state index contributed by atoms with van der Waals surface area (Å²) in [6, 6.07) is 0. The topological polar surface area (TPSA) is 69.4 Å². The summed E-state index contributed by atoms with van der Waals surface area (Å²) in [5.41, 5.74) is 0. The fourth-order valence-electron chi connectivity index (χ4n) is 1.95. The highest BCUT2D eigenvalue weighted by Crippen LogP contribution is 2.30. The highest BCUT2D eigenvalue weighted by atomic mass is 17.0. The van der Waals surface area contributed by atoms with Gasteiger partial charge in [-0.05, 0) is 19.3 Å². The zero-order valence-electron chi connectivity index (χ0n) is 8.72. The van der Waals surface area contributed by atoms with Gasteiger partial charge in [0, 0.05) is 11.8 Å². The van der Waals surface area contributed by atoms with Gasteiger partial charge in [-0.1, -0.05) is 13.0 Å². The maximum atomic E-state index is 11.6. The lowest BCUT2D eigenvalue weighted by Gasteiger charge is -2.14. The number of hydrogen-bond acceptors (Lipinski definition) is 4. The summed E-state index contributed by atoms with van der Waals surface area (Å²) < 4.78 is 0. The maximum Gasteiger partial charge on any atom is 0.295 e. The van der Waals surface area contributed by atoms with E-state index in [9.17, 15) is 14.9 Å². The zero-order valence-corrected chi connectivity index (χ0v) is 8.72. The van der Waals surface area contributed by atoms with Crippen LogP contribution < -0.4 is 0 Å². The Hall–Kier alpha value is -1.39. The average Bonchev–Trinajstić information content (AvgIpc) is 2.48. The maximum absolute atomic E-state index is 11.6. The van der Waals surface area contributed by atoms with E-state index in [1.54, 1.807) is 0 Å². The van der Waals surface area contributed by atoms with Gasteiger partial charge in [0.15, 0.2) is 0 Å². The summed E-state index contributed by atoms with van der Waals surface area (Å²) in [6.07, 6.45) is 2.74. The smallest absolute Gasteiger partial charge is 0.295 e. The third kappa shape index (κ3) is 3.04. The van der Waals surface area contributed by atoms with Crippen molar-refractivity contribution < 1.29 is 14.7 Å². The minimum atomic E-state index is -0.838. The molecule has 3 atom stereocenters. The molecule has 0 aromatic rings. The predicted octanol–water partition coefficient (Wildman–Crippen LogP) is 1.75. The van der Waals surface area contributed by atoms with Crippen LogP contribution in [0.5, 0.6) is 0 Å². The second-order valence-electron chi connectivity index (χ2n) is 3.92. The summed E-state index contributed by atoms with van der Waals surface area (Å²) in [7, 11) is 0. The second kappa shape index (κ2) is 4.91. The lowest BCUT2D eigenvalue weighted by Crippen LogP contribution is -2.22. The van der Waals surface area contributed by atoms with Crippen LogP contribution in [0.4, 0.5) is 0 Å². The molecule has 0 N–H and O–H groups in total. The molecule has 84 valence electrons. The Morgan fingerprint density at radius 1 is 1.73 bits per heavy atom. The Morgan fingerprint density at radius 2 is 2.40 bits per heavy atom. The van der Waals surface area contributed by atoms with Crippen molar-refractivity contribution in [3.05, 3.63) is 22.8 Å². The molecule has 1 saturated carbocycles. The molecule has 0 aromatic heterocycles. The number of nitrogens with zero attached hydrogens (tertiary/aromatic N) is 1. The highest BCUT2D eigenvalue weighted by molar-refractivity contribution is 5.85. The molecule has 0 saturated heterocycles. The van der Waals surface area contributed by atoms with E-state index in [0.29, 0.717) is 6.42 Å². The summed E-state index contributed by atoms with van der Waals surface area (Å²) in [4.78, 5) is 26.1. The fraction of sp³-hybridized carbons (Fsp3) is 0.700. The average molecular weight is 213 g/mol. The van der Waals surface area contributed by atoms with Gasteiger partial charge >= 0.3 is 0 Å². The normalized spacial score (nSPS) is 27.4. The molecular formula is C10H15NO4. The Bertz CT molecular complexity index is 277. The Balaban J connectivity index is 2.48. The van der Waals surface area contributed by atoms with Crippen molar-refractivity contribution in [2.75, 3.05) is 0 Å². The van der Waals surface area contributed by atoms with Gasteiger partial charge in [-0.3, -0.25) is 4.79 Å². The molecule has 1 aliphatic carbocycles. The molecule has 0 spiro atoms. The van der Waals surface area contributed by atoms with Crippen molar-refractivity contribution in [1.29, 1.82) is 0 Å². The van der Waals surface area contributed by atoms with Crippen molar-refractivity contribution in [3.63, 3.8) is 0 Å². The van der Waals surface area contributed by atoms with Gasteiger partial charge in [0.25, 0.3) is 5.09 Å². The molecule has 0 amide bonds. The van der Waals surface area contributed by atoms with Crippen molar-refractivity contribution in [2.45, 2.75) is 32.3 Å². The Kier molecular flexibility index (Phi) is 3.82. The van der Waals surface area contributed by atoms with Crippen molar-refractivity contribution in [3.8, 4) is 0 Å². The van der Waals surface area contributed by atoms with Crippen molar-refractivity contribution >= 4 is 5.78 Å². The monoisotopic (exact) mass is 213 g/mol. The Morgan fingerprint density at radius 3 is 2.80 bits per heavy atom. The van der Waals surface area contributed by atoms with Gasteiger partial charge in [-0.25, -0.2) is 0 Å². The number of carbonyl (C=O) groups excluding carboxylic acids is 1. The summed E-state index contributed by atoms with van der Waals surface area (Å²) in [5, 5.41) is 9.30. The first-order valence-corrected chi connectivity index (χ1v) is 5.02. The molecule has 5 heteroatoms. The predicted molar refractivity (Wildman–Crippen MR) is 53.6 cm³/mol. The Labute approximate surface area is 88.2 Å². The summed E-state index contributed by atoms with van der Waals surface area (Å²) in [5.74, 6) is 0.160. The zero-order chi connectivity index (χ0) is 11.4. The third-order valence-electron chi connectivity index (χ3n) is 2.84. The van der Waals surface area contributed by atoms with Gasteiger partial charge in [0.1, 0.15) is 11.9 Å². The SMILES string of the molecule is C=CC(CC1CCC(C)C1=O)O[N+](=O)[O-]. The quantitative estimate of drug-likeness (QED) is 0.396. The largest absolute Gasteiger partial charge is 0.306 e. The lowest BCUT2D eigenvalue weighted by molar-refractivity contribution is -0.765. The van der Waals surface area contributed by atoms with Gasteiger partial charge < -0.3 is 4.84 Å². The molecule has 15 heavy (non-hydrogen) atoms. The van der Waals surface area contributed by atoms with E-state index in [0.717, 1.165) is 12.8 Å². The number of hydrogen-bond donors (Lipinski definition) is 0. The molecule has 0 heterocycles. The number of ketones is 1. The molecule has 3 unspecified atom stereocenters. The molecule has 0 radical (unpaired) electrons. The van der Waals surface area contributed by atoms with Crippen LogP contribution in [0.3, 0.4) is 0 Å². The van der Waals surface area contributed by atoms with Crippen LogP contribution in [0, 0.1) is 22.0 Å². The number of rotatable bonds is 5. The number of carbonyl (C=O) groups is 1. The molecular weight excluding hydrogens is 198 g/mol. The first-order valence-electron chi connectivity index (χ1n) is 5.02. The van der Waals surface area contributed by atoms with E-state index >= 15 is 0 Å². The fourth-order valence-corrected chi connectivity index (χ4v) is 1.95. The van der Waals surface area contributed by atoms with E-state index in [4.69, 9.17) is 0 Å². The molecule has 0 aliphatic heterocycles. The molecule has 1 fully saturated rings. The lowest BCUT2D eigenvalue weighted by atomic mass is 9.97. The minimum absolute atomic E-state index is 0.0797. The minimum Gasteiger partial charge on any atom is -0.306 e. The van der Waals surface area contributed by atoms with Gasteiger partial charge in [-0.15, -0.1) is 16.7 Å². The first kappa shape index (κ1) is 11.7. The van der Waals surface area contributed by atoms with Crippen LogP contribution >= 0.6 is 0 Å². The van der Waals surface area contributed by atoms with Crippen molar-refractivity contribution in [1.82, 2.24) is 0 Å². The van der Waals surface area contributed by atoms with E-state index < -0.39 is 11.2 Å². The van der Waals surface area contributed by atoms with Gasteiger partial charge in [0.05, 0.1) is 0 Å². The molecule has 0 aromatic carbocycles. The van der Waals surface area contributed by atoms with Gasteiger partial charge in [0.2, 0.25) is 0 Å². The third-order valence-corrected chi connectivity index (χ3v) is 2.84. The summed E-state index contributed by atoms with van der Waals surface area (Å²) >= 11 is 0. The standard InChI is InChI=1S/C10H15NO4/c1-3-9(15-11(13)14)6-8-5-4-7(2)10(8)12/h3,7-9H,1,4-6H2,2H3. The molecule has 1 aliphatic rings. The van der Waals surface area contributed by atoms with Crippen LogP contribution in [0.2, 0.25) is 0 Å². The molecule has 0 bridgehead atoms. The summed E-state index contributed by atoms with van der Waals surface area (Å²) in [6.45, 7) is 5.35. The molecule has 1 rings (SSSR count). The van der Waals surface area contributed by atoms with E-state index in [1.807, 2.05) is 6.92 Å². The first-order chi connectivity index (χ1) is 7.04. The van der Waals surface area contributed by atoms with Crippen LogP contribution in [-0.4, -0.2) is 17.0 Å². The highest BCUT2D eigenvalue weighted by Gasteiger charge is 2.32. The van der Waals surface area contributed by atoms with Crippen LogP contribution in [0.15, 0.2) is 12.7 Å². The van der Waals surface area contributed by atoms with E-state index in [2.05, 4.69) is 11.4 Å². The molecule has 5 nitrogen and oxygen atoms in total. The van der Waals surface area contributed by atoms with Crippen LogP contribution in [0.25, 0.3) is 0 Å².